The molecule has 3 aromatic rings. The van der Waals surface area contributed by atoms with Gasteiger partial charge in [0.05, 0.1) is 6.61 Å². The van der Waals surface area contributed by atoms with E-state index in [0.717, 1.165) is 42.2 Å². The van der Waals surface area contributed by atoms with E-state index < -0.39 is 12.0 Å². The van der Waals surface area contributed by atoms with Gasteiger partial charge in [-0.1, -0.05) is 95.3 Å². The highest BCUT2D eigenvalue weighted by Gasteiger charge is 2.24. The third kappa shape index (κ3) is 13.2. The van der Waals surface area contributed by atoms with E-state index in [1.807, 2.05) is 108 Å². The van der Waals surface area contributed by atoms with Crippen molar-refractivity contribution in [2.24, 2.45) is 5.92 Å². The van der Waals surface area contributed by atoms with Crippen molar-refractivity contribution in [2.45, 2.75) is 73.6 Å². The Bertz CT molecular complexity index is 1240. The van der Waals surface area contributed by atoms with Gasteiger partial charge >= 0.3 is 5.97 Å². The average Bonchev–Trinajstić information content (AvgIpc) is 3.46. The molecule has 1 aliphatic rings. The Morgan fingerprint density at radius 2 is 1.64 bits per heavy atom. The molecule has 0 bridgehead atoms. The lowest BCUT2D eigenvalue weighted by Gasteiger charge is -2.19. The van der Waals surface area contributed by atoms with Gasteiger partial charge in [0, 0.05) is 25.8 Å². The number of thioether (sulfide) groups is 1. The maximum Gasteiger partial charge on any atom is 0.326 e. The zero-order chi connectivity index (χ0) is 32.9. The summed E-state index contributed by atoms with van der Waals surface area (Å²) < 4.78 is 4.93. The van der Waals surface area contributed by atoms with E-state index in [9.17, 15) is 14.7 Å². The number of aliphatic carboxylic acids is 1. The Morgan fingerprint density at radius 1 is 0.977 bits per heavy atom. The predicted molar refractivity (Wildman–Crippen MR) is 187 cm³/mol. The summed E-state index contributed by atoms with van der Waals surface area (Å²) in [6.45, 7) is 16.1. The molecule has 7 heteroatoms. The highest BCUT2D eigenvalue weighted by Crippen LogP contribution is 2.29. The highest BCUT2D eigenvalue weighted by molar-refractivity contribution is 7.98. The van der Waals surface area contributed by atoms with Crippen molar-refractivity contribution in [3.05, 3.63) is 95.1 Å². The van der Waals surface area contributed by atoms with Crippen molar-refractivity contribution in [3.8, 4) is 11.1 Å². The summed E-state index contributed by atoms with van der Waals surface area (Å²) in [5, 5.41) is 12.3. The predicted octanol–water partition coefficient (Wildman–Crippen LogP) is 8.33. The molecule has 1 heterocycles. The van der Waals surface area contributed by atoms with Crippen molar-refractivity contribution in [2.75, 3.05) is 32.2 Å². The zero-order valence-corrected chi connectivity index (χ0v) is 28.9. The largest absolute Gasteiger partial charge is 0.480 e. The summed E-state index contributed by atoms with van der Waals surface area (Å²) in [4.78, 5) is 27.2. The molecule has 0 radical (unpaired) electrons. The van der Waals surface area contributed by atoms with Gasteiger partial charge in [-0.15, -0.1) is 0 Å². The lowest BCUT2D eigenvalue weighted by Crippen LogP contribution is -2.41. The number of carboxylic acid groups (broad SMARTS) is 1. The minimum atomic E-state index is -1.00. The smallest absolute Gasteiger partial charge is 0.326 e. The third-order valence-corrected chi connectivity index (χ3v) is 7.69. The minimum Gasteiger partial charge on any atom is -0.480 e. The first kappa shape index (κ1) is 38.9. The number of likely N-dealkylation sites (tertiary alicyclic amines) is 1. The number of nitrogens with one attached hydrogen (secondary N) is 1. The van der Waals surface area contributed by atoms with Crippen molar-refractivity contribution in [1.82, 2.24) is 10.2 Å². The quantitative estimate of drug-likeness (QED) is 0.224. The summed E-state index contributed by atoms with van der Waals surface area (Å²) >= 11 is 1.57. The van der Waals surface area contributed by atoms with Crippen molar-refractivity contribution in [1.29, 1.82) is 0 Å². The van der Waals surface area contributed by atoms with Crippen LogP contribution in [-0.4, -0.2) is 60.1 Å². The van der Waals surface area contributed by atoms with Crippen LogP contribution in [0.1, 0.15) is 74.5 Å². The van der Waals surface area contributed by atoms with Gasteiger partial charge in [-0.25, -0.2) is 4.79 Å². The van der Waals surface area contributed by atoms with Crippen LogP contribution in [0.2, 0.25) is 0 Å². The van der Waals surface area contributed by atoms with Gasteiger partial charge in [-0.2, -0.15) is 11.8 Å². The van der Waals surface area contributed by atoms with E-state index in [0.29, 0.717) is 24.3 Å². The summed E-state index contributed by atoms with van der Waals surface area (Å²) in [5.41, 5.74) is 5.85. The highest BCUT2D eigenvalue weighted by atomic mass is 32.2. The Labute approximate surface area is 270 Å². The van der Waals surface area contributed by atoms with Gasteiger partial charge in [0.2, 0.25) is 0 Å². The molecular formula is C37H54N2O4S. The molecule has 0 aliphatic carbocycles. The van der Waals surface area contributed by atoms with Gasteiger partial charge < -0.3 is 15.2 Å². The number of amides is 1. The second-order valence-electron chi connectivity index (χ2n) is 10.4. The van der Waals surface area contributed by atoms with Crippen LogP contribution in [0, 0.1) is 12.8 Å². The molecule has 2 atom stereocenters. The molecule has 2 N–H and O–H groups in total. The van der Waals surface area contributed by atoms with Crippen LogP contribution >= 0.6 is 11.8 Å². The molecule has 6 nitrogen and oxygen atoms in total. The number of methoxy groups -OCH3 is 1. The number of benzene rings is 3. The summed E-state index contributed by atoms with van der Waals surface area (Å²) in [6, 6.07) is 23.2. The maximum atomic E-state index is 13.1. The molecular weight excluding hydrogens is 568 g/mol. The van der Waals surface area contributed by atoms with Crippen LogP contribution in [-0.2, 0) is 22.7 Å². The normalized spacial score (nSPS) is 14.5. The molecule has 1 fully saturated rings. The number of rotatable bonds is 11. The standard InChI is InChI=1S/C25H32N2O3S.C8H10O.2C2H6/c1-17-10-12-27(15-17)16-19-8-9-21(22(14-19)20-7-5-4-6-18(20)2)24(28)26-23(25(29)30)11-13-31-3;1-9-7-8-5-3-2-4-6-8;2*1-2/h4-9,14,17,23H,10-13,15-16H2,1-3H3,(H,26,28)(H,29,30);2-6H,7H2,1H3;2*1-2H3. The third-order valence-electron chi connectivity index (χ3n) is 7.05. The minimum absolute atomic E-state index is 0.340. The molecule has 2 unspecified atom stereocenters. The average molecular weight is 623 g/mol. The number of carbonyl (C=O) groups is 2. The molecule has 4 rings (SSSR count). The second-order valence-corrected chi connectivity index (χ2v) is 11.4. The van der Waals surface area contributed by atoms with E-state index in [1.165, 1.54) is 17.5 Å². The first-order valence-corrected chi connectivity index (χ1v) is 17.2. The molecule has 44 heavy (non-hydrogen) atoms. The number of hydrogen-bond acceptors (Lipinski definition) is 5. The Kier molecular flexibility index (Phi) is 19.8. The van der Waals surface area contributed by atoms with Crippen LogP contribution < -0.4 is 5.32 Å². The van der Waals surface area contributed by atoms with Crippen LogP contribution in [0.5, 0.6) is 0 Å². The molecule has 0 aromatic heterocycles. The fraction of sp³-hybridized carbons (Fsp3) is 0.459. The van der Waals surface area contributed by atoms with Gasteiger partial charge in [0.15, 0.2) is 0 Å². The van der Waals surface area contributed by atoms with Gasteiger partial charge in [0.25, 0.3) is 5.91 Å². The van der Waals surface area contributed by atoms with Crippen molar-refractivity contribution >= 4 is 23.6 Å². The molecule has 1 aliphatic heterocycles. The number of hydrogen-bond donors (Lipinski definition) is 2. The van der Waals surface area contributed by atoms with E-state index in [4.69, 9.17) is 4.74 Å². The Hall–Kier alpha value is -3.13. The number of aryl methyl sites for hydroxylation is 1. The maximum absolute atomic E-state index is 13.1. The molecule has 3 aromatic carbocycles. The van der Waals surface area contributed by atoms with Crippen LogP contribution in [0.25, 0.3) is 11.1 Å². The SMILES string of the molecule is CC.CC.COCc1ccccc1.CSCCC(NC(=O)c1ccc(CN2CCC(C)C2)cc1-c1ccccc1C)C(=O)O. The van der Waals surface area contributed by atoms with Crippen molar-refractivity contribution in [3.63, 3.8) is 0 Å². The first-order chi connectivity index (χ1) is 21.3. The van der Waals surface area contributed by atoms with Crippen molar-refractivity contribution < 1.29 is 19.4 Å². The lowest BCUT2D eigenvalue weighted by atomic mass is 9.93. The van der Waals surface area contributed by atoms with E-state index in [2.05, 4.69) is 23.2 Å². The number of carboxylic acids is 1. The molecule has 242 valence electrons. The van der Waals surface area contributed by atoms with Gasteiger partial charge in [-0.05, 0) is 84.2 Å². The monoisotopic (exact) mass is 622 g/mol. The summed E-state index contributed by atoms with van der Waals surface area (Å²) in [5.74, 6) is 0.0533. The van der Waals surface area contributed by atoms with E-state index >= 15 is 0 Å². The molecule has 0 spiro atoms. The second kappa shape index (κ2) is 22.4. The molecule has 0 saturated carbocycles. The topological polar surface area (TPSA) is 78.9 Å². The molecule has 1 saturated heterocycles. The van der Waals surface area contributed by atoms with Crippen LogP contribution in [0.3, 0.4) is 0 Å². The Morgan fingerprint density at radius 3 is 2.20 bits per heavy atom. The number of nitrogens with zero attached hydrogens (tertiary/aromatic N) is 1. The zero-order valence-electron chi connectivity index (χ0n) is 28.1. The van der Waals surface area contributed by atoms with Gasteiger partial charge in [0.1, 0.15) is 6.04 Å². The van der Waals surface area contributed by atoms with E-state index in [-0.39, 0.29) is 5.91 Å². The number of carbonyl (C=O) groups excluding carboxylic acids is 1. The summed E-state index contributed by atoms with van der Waals surface area (Å²) in [6.07, 6.45) is 3.54. The van der Waals surface area contributed by atoms with Crippen LogP contribution in [0.4, 0.5) is 0 Å². The lowest BCUT2D eigenvalue weighted by molar-refractivity contribution is -0.139. The van der Waals surface area contributed by atoms with Crippen LogP contribution in [0.15, 0.2) is 72.8 Å². The fourth-order valence-electron chi connectivity index (χ4n) is 4.88. The Balaban J connectivity index is 0.000000626. The van der Waals surface area contributed by atoms with Gasteiger partial charge in [-0.3, -0.25) is 9.69 Å². The number of ether oxygens (including phenoxy) is 1. The fourth-order valence-corrected chi connectivity index (χ4v) is 5.36. The van der Waals surface area contributed by atoms with E-state index in [1.54, 1.807) is 18.9 Å². The first-order valence-electron chi connectivity index (χ1n) is 15.8. The molecule has 1 amide bonds. The summed E-state index contributed by atoms with van der Waals surface area (Å²) in [7, 11) is 1.70.